The van der Waals surface area contributed by atoms with Gasteiger partial charge in [0.05, 0.1) is 16.7 Å². The number of hydrogen-bond donors (Lipinski definition) is 2. The van der Waals surface area contributed by atoms with Crippen molar-refractivity contribution in [3.63, 3.8) is 0 Å². The molecule has 0 spiro atoms. The summed E-state index contributed by atoms with van der Waals surface area (Å²) in [5.41, 5.74) is 1.55. The highest BCUT2D eigenvalue weighted by atomic mass is 79.9. The van der Waals surface area contributed by atoms with Crippen molar-refractivity contribution in [2.24, 2.45) is 0 Å². The van der Waals surface area contributed by atoms with Crippen molar-refractivity contribution in [2.45, 2.75) is 46.4 Å². The summed E-state index contributed by atoms with van der Waals surface area (Å²) < 4.78 is 24.8. The molecule has 0 aliphatic carbocycles. The predicted octanol–water partition coefficient (Wildman–Crippen LogP) is 4.88. The van der Waals surface area contributed by atoms with Crippen LogP contribution in [0.15, 0.2) is 55.7 Å². The van der Waals surface area contributed by atoms with Gasteiger partial charge in [0.15, 0.2) is 11.1 Å². The molecular formula is C19H17BrN2O4S2. The second-order valence-corrected chi connectivity index (χ2v) is 9.55. The Kier molecular flexibility index (Phi) is 5.59. The van der Waals surface area contributed by atoms with Crippen LogP contribution in [0.25, 0.3) is 11.0 Å². The molecule has 2 unspecified atom stereocenters. The fourth-order valence-corrected chi connectivity index (χ4v) is 5.83. The molecular weight excluding hydrogens is 464 g/mol. The van der Waals surface area contributed by atoms with Crippen molar-refractivity contribution in [3.8, 4) is 0 Å². The van der Waals surface area contributed by atoms with Gasteiger partial charge in [0.2, 0.25) is 0 Å². The Balaban J connectivity index is 1.97. The molecule has 2 atom stereocenters. The standard InChI is InChI=1S/C19H17BrN2O4S2/c20-12-3-5-13(6-4-12)27-18-16-14(28(25)26)7-8-21-19(16)22-9-1-2-11(17(18)22)10-15(23)24/h3-8,11H,1-2,9-10H2,(H,23,24)(H,25,26). The monoisotopic (exact) mass is 480 g/mol. The van der Waals surface area contributed by atoms with E-state index in [1.54, 1.807) is 6.07 Å². The summed E-state index contributed by atoms with van der Waals surface area (Å²) in [6.45, 7) is 0.720. The molecule has 0 amide bonds. The van der Waals surface area contributed by atoms with Crippen LogP contribution in [0.4, 0.5) is 0 Å². The minimum absolute atomic E-state index is 0.0295. The molecule has 0 bridgehead atoms. The van der Waals surface area contributed by atoms with E-state index in [1.165, 1.54) is 18.0 Å². The largest absolute Gasteiger partial charge is 0.481 e. The minimum Gasteiger partial charge on any atom is -0.481 e. The van der Waals surface area contributed by atoms with Crippen LogP contribution >= 0.6 is 27.7 Å². The van der Waals surface area contributed by atoms with E-state index < -0.39 is 17.0 Å². The van der Waals surface area contributed by atoms with Crippen LogP contribution < -0.4 is 0 Å². The van der Waals surface area contributed by atoms with E-state index in [4.69, 9.17) is 0 Å². The molecule has 0 saturated carbocycles. The molecule has 1 aliphatic heterocycles. The zero-order valence-corrected chi connectivity index (χ0v) is 17.9. The van der Waals surface area contributed by atoms with E-state index >= 15 is 0 Å². The topological polar surface area (TPSA) is 92.4 Å². The Bertz CT molecular complexity index is 1080. The number of aliphatic carboxylic acids is 1. The van der Waals surface area contributed by atoms with Crippen molar-refractivity contribution >= 4 is 55.8 Å². The first-order valence-electron chi connectivity index (χ1n) is 8.73. The summed E-state index contributed by atoms with van der Waals surface area (Å²) in [6.07, 6.45) is 3.19. The third-order valence-electron chi connectivity index (χ3n) is 4.86. The van der Waals surface area contributed by atoms with E-state index in [9.17, 15) is 18.7 Å². The van der Waals surface area contributed by atoms with Crippen LogP contribution in [-0.4, -0.2) is 29.4 Å². The molecule has 1 aliphatic rings. The van der Waals surface area contributed by atoms with E-state index in [1.807, 2.05) is 28.8 Å². The average Bonchev–Trinajstić information content (AvgIpc) is 2.98. The molecule has 9 heteroatoms. The van der Waals surface area contributed by atoms with Crippen LogP contribution in [-0.2, 0) is 22.4 Å². The summed E-state index contributed by atoms with van der Waals surface area (Å²) in [6, 6.07) is 9.36. The number of fused-ring (bicyclic) bond motifs is 3. The maximum absolute atomic E-state index is 12.0. The highest BCUT2D eigenvalue weighted by molar-refractivity contribution is 9.10. The molecule has 0 radical (unpaired) electrons. The number of benzene rings is 1. The number of halogens is 1. The number of carboxylic acid groups (broad SMARTS) is 1. The number of aryl methyl sites for hydroxylation is 1. The van der Waals surface area contributed by atoms with Crippen molar-refractivity contribution < 1.29 is 18.7 Å². The molecule has 146 valence electrons. The lowest BCUT2D eigenvalue weighted by molar-refractivity contribution is -0.137. The first-order chi connectivity index (χ1) is 13.5. The van der Waals surface area contributed by atoms with E-state index in [-0.39, 0.29) is 12.3 Å². The van der Waals surface area contributed by atoms with E-state index in [0.29, 0.717) is 15.9 Å². The number of hydrogen-bond acceptors (Lipinski definition) is 4. The molecule has 0 fully saturated rings. The lowest BCUT2D eigenvalue weighted by Gasteiger charge is -2.25. The average molecular weight is 481 g/mol. The number of aromatic nitrogens is 2. The smallest absolute Gasteiger partial charge is 0.304 e. The fourth-order valence-electron chi connectivity index (χ4n) is 3.76. The quantitative estimate of drug-likeness (QED) is 0.505. The lowest BCUT2D eigenvalue weighted by Crippen LogP contribution is -2.18. The van der Waals surface area contributed by atoms with E-state index in [0.717, 1.165) is 39.3 Å². The van der Waals surface area contributed by atoms with Crippen molar-refractivity contribution in [3.05, 3.63) is 46.7 Å². The summed E-state index contributed by atoms with van der Waals surface area (Å²) in [5.74, 6) is -0.999. The Morgan fingerprint density at radius 2 is 2.07 bits per heavy atom. The highest BCUT2D eigenvalue weighted by Crippen LogP contribution is 2.46. The molecule has 6 nitrogen and oxygen atoms in total. The number of carbonyl (C=O) groups is 1. The molecule has 4 rings (SSSR count). The second-order valence-electron chi connectivity index (χ2n) is 6.62. The van der Waals surface area contributed by atoms with Gasteiger partial charge in [-0.05, 0) is 43.2 Å². The van der Waals surface area contributed by atoms with Crippen molar-refractivity contribution in [2.75, 3.05) is 0 Å². The number of pyridine rings is 1. The van der Waals surface area contributed by atoms with Crippen molar-refractivity contribution in [1.29, 1.82) is 0 Å². The maximum atomic E-state index is 12.0. The normalized spacial score (nSPS) is 17.4. The minimum atomic E-state index is -2.17. The number of carboxylic acids is 1. The Hall–Kier alpha value is -1.68. The summed E-state index contributed by atoms with van der Waals surface area (Å²) in [7, 11) is 0. The number of rotatable bonds is 5. The predicted molar refractivity (Wildman–Crippen MR) is 111 cm³/mol. The lowest BCUT2D eigenvalue weighted by atomic mass is 9.93. The van der Waals surface area contributed by atoms with Crippen LogP contribution in [0.3, 0.4) is 0 Å². The molecule has 3 aromatic rings. The Labute approximate surface area is 176 Å². The summed E-state index contributed by atoms with van der Waals surface area (Å²) in [5, 5.41) is 10.0. The second kappa shape index (κ2) is 7.98. The maximum Gasteiger partial charge on any atom is 0.304 e. The molecule has 2 N–H and O–H groups in total. The van der Waals surface area contributed by atoms with Crippen LogP contribution in [0.1, 0.15) is 30.9 Å². The zero-order valence-electron chi connectivity index (χ0n) is 14.7. The molecule has 0 saturated heterocycles. The third kappa shape index (κ3) is 3.63. The molecule has 1 aromatic carbocycles. The van der Waals surface area contributed by atoms with Crippen LogP contribution in [0, 0.1) is 0 Å². The molecule has 2 aromatic heterocycles. The van der Waals surface area contributed by atoms with Gasteiger partial charge < -0.3 is 14.2 Å². The van der Waals surface area contributed by atoms with Gasteiger partial charge in [0.25, 0.3) is 0 Å². The van der Waals surface area contributed by atoms with Crippen LogP contribution in [0.5, 0.6) is 0 Å². The summed E-state index contributed by atoms with van der Waals surface area (Å²) >= 11 is 2.75. The number of nitrogens with zero attached hydrogens (tertiary/aromatic N) is 2. The fraction of sp³-hybridized carbons (Fsp3) is 0.263. The van der Waals surface area contributed by atoms with E-state index in [2.05, 4.69) is 20.9 Å². The van der Waals surface area contributed by atoms with Gasteiger partial charge >= 0.3 is 5.97 Å². The molecule has 3 heterocycles. The van der Waals surface area contributed by atoms with Gasteiger partial charge in [-0.25, -0.2) is 9.19 Å². The van der Waals surface area contributed by atoms with Gasteiger partial charge in [0, 0.05) is 38.6 Å². The third-order valence-corrected chi connectivity index (χ3v) is 7.23. The zero-order chi connectivity index (χ0) is 19.8. The van der Waals surface area contributed by atoms with Crippen LogP contribution in [0.2, 0.25) is 0 Å². The first kappa shape index (κ1) is 19.6. The van der Waals surface area contributed by atoms with Gasteiger partial charge in [-0.1, -0.05) is 27.7 Å². The van der Waals surface area contributed by atoms with Gasteiger partial charge in [-0.15, -0.1) is 0 Å². The van der Waals surface area contributed by atoms with Gasteiger partial charge in [-0.2, -0.15) is 0 Å². The summed E-state index contributed by atoms with van der Waals surface area (Å²) in [4.78, 5) is 18.0. The highest BCUT2D eigenvalue weighted by Gasteiger charge is 2.31. The SMILES string of the molecule is O=C(O)CC1CCCn2c1c(Sc1ccc(Br)cc1)c1c(S(=O)O)ccnc12. The Morgan fingerprint density at radius 3 is 2.75 bits per heavy atom. The molecule has 28 heavy (non-hydrogen) atoms. The first-order valence-corrected chi connectivity index (χ1v) is 11.4. The Morgan fingerprint density at radius 1 is 1.32 bits per heavy atom. The van der Waals surface area contributed by atoms with Gasteiger partial charge in [-0.3, -0.25) is 4.79 Å². The van der Waals surface area contributed by atoms with Crippen molar-refractivity contribution in [1.82, 2.24) is 9.55 Å². The van der Waals surface area contributed by atoms with Gasteiger partial charge in [0.1, 0.15) is 5.65 Å².